The van der Waals surface area contributed by atoms with Crippen LogP contribution >= 0.6 is 0 Å². The summed E-state index contributed by atoms with van der Waals surface area (Å²) in [4.78, 5) is 13.1. The van der Waals surface area contributed by atoms with Crippen molar-refractivity contribution in [3.05, 3.63) is 90.0 Å². The van der Waals surface area contributed by atoms with Gasteiger partial charge in [0.05, 0.1) is 6.04 Å². The summed E-state index contributed by atoms with van der Waals surface area (Å²) in [5, 5.41) is 5.21. The number of carbonyl (C=O) groups is 1. The Morgan fingerprint density at radius 3 is 2.87 bits per heavy atom. The molecule has 0 fully saturated rings. The summed E-state index contributed by atoms with van der Waals surface area (Å²) in [6.07, 6.45) is 4.73. The Morgan fingerprint density at radius 1 is 1.27 bits per heavy atom. The van der Waals surface area contributed by atoms with Gasteiger partial charge in [-0.2, -0.15) is 0 Å². The second kappa shape index (κ2) is 9.98. The number of rotatable bonds is 9. The van der Waals surface area contributed by atoms with E-state index >= 15 is 0 Å². The van der Waals surface area contributed by atoms with Crippen LogP contribution in [0.3, 0.4) is 0 Å². The lowest BCUT2D eigenvalue weighted by Crippen LogP contribution is -2.27. The van der Waals surface area contributed by atoms with Crippen molar-refractivity contribution < 1.29 is 9.53 Å². The molecule has 3 aromatic carbocycles. The maximum absolute atomic E-state index is 13.1. The molecule has 1 amide bonds. The molecule has 0 saturated heterocycles. The molecule has 1 unspecified atom stereocenters. The molecule has 3 nitrogen and oxygen atoms in total. The predicted octanol–water partition coefficient (Wildman–Crippen LogP) is 6.36. The van der Waals surface area contributed by atoms with Crippen LogP contribution in [0.2, 0.25) is 0 Å². The molecule has 0 aliphatic rings. The van der Waals surface area contributed by atoms with Crippen LogP contribution in [-0.4, -0.2) is 12.0 Å². The third kappa shape index (κ3) is 5.02. The van der Waals surface area contributed by atoms with Gasteiger partial charge in [0, 0.05) is 17.4 Å². The molecule has 0 saturated carbocycles. The average Bonchev–Trinajstić information content (AvgIpc) is 2.75. The summed E-state index contributed by atoms with van der Waals surface area (Å²) in [7, 11) is 0. The summed E-state index contributed by atoms with van der Waals surface area (Å²) in [5.41, 5.74) is 2.61. The van der Waals surface area contributed by atoms with Gasteiger partial charge in [0.15, 0.2) is 0 Å². The summed E-state index contributed by atoms with van der Waals surface area (Å²) < 4.78 is 6.13. The number of nitrogens with one attached hydrogen (secondary N) is 1. The van der Waals surface area contributed by atoms with Gasteiger partial charge in [0.25, 0.3) is 5.91 Å². The topological polar surface area (TPSA) is 38.3 Å². The van der Waals surface area contributed by atoms with Crippen LogP contribution < -0.4 is 10.1 Å². The molecule has 154 valence electrons. The van der Waals surface area contributed by atoms with Gasteiger partial charge >= 0.3 is 0 Å². The fraction of sp³-hybridized carbons (Fsp3) is 0.296. The quantitative estimate of drug-likeness (QED) is 0.425. The van der Waals surface area contributed by atoms with Crippen molar-refractivity contribution in [2.75, 3.05) is 0 Å². The van der Waals surface area contributed by atoms with Crippen LogP contribution in [-0.2, 0) is 0 Å². The van der Waals surface area contributed by atoms with Gasteiger partial charge < -0.3 is 10.1 Å². The fourth-order valence-corrected chi connectivity index (χ4v) is 3.70. The summed E-state index contributed by atoms with van der Waals surface area (Å²) >= 11 is 0. The van der Waals surface area contributed by atoms with Gasteiger partial charge in [-0.1, -0.05) is 49.8 Å². The smallest absolute Gasteiger partial charge is 0.252 e. The second-order valence-corrected chi connectivity index (χ2v) is 7.64. The molecule has 0 spiro atoms. The van der Waals surface area contributed by atoms with Crippen LogP contribution in [0, 0.1) is 19.1 Å². The number of aryl methyl sites for hydroxylation is 1. The van der Waals surface area contributed by atoms with E-state index in [-0.39, 0.29) is 18.1 Å². The maximum Gasteiger partial charge on any atom is 0.252 e. The monoisotopic (exact) mass is 399 g/mol. The average molecular weight is 400 g/mol. The third-order valence-electron chi connectivity index (χ3n) is 5.29. The Bertz CT molecular complexity index is 1020. The molecule has 0 aliphatic carbocycles. The molecule has 0 aromatic heterocycles. The van der Waals surface area contributed by atoms with Gasteiger partial charge in [-0.15, -0.1) is 6.58 Å². The molecule has 0 bridgehead atoms. The van der Waals surface area contributed by atoms with Gasteiger partial charge in [-0.05, 0) is 67.1 Å². The van der Waals surface area contributed by atoms with Crippen LogP contribution in [0.4, 0.5) is 0 Å². The lowest BCUT2D eigenvalue weighted by atomic mass is 10.00. The zero-order valence-corrected chi connectivity index (χ0v) is 18.0. The predicted molar refractivity (Wildman–Crippen MR) is 123 cm³/mol. The van der Waals surface area contributed by atoms with E-state index in [1.807, 2.05) is 68.5 Å². The Kier molecular flexibility index (Phi) is 7.14. The van der Waals surface area contributed by atoms with E-state index in [0.29, 0.717) is 11.3 Å². The summed E-state index contributed by atoms with van der Waals surface area (Å²) in [6, 6.07) is 21.6. The molecule has 1 N–H and O–H groups in total. The van der Waals surface area contributed by atoms with Crippen molar-refractivity contribution in [3.63, 3.8) is 0 Å². The molecular formula is C27H29NO2. The minimum Gasteiger partial charge on any atom is -0.490 e. The number of benzene rings is 2. The van der Waals surface area contributed by atoms with Crippen molar-refractivity contribution in [1.29, 1.82) is 0 Å². The fourth-order valence-electron chi connectivity index (χ4n) is 3.70. The molecule has 2 atom stereocenters. The highest BCUT2D eigenvalue weighted by molar-refractivity contribution is 5.96. The third-order valence-corrected chi connectivity index (χ3v) is 5.29. The highest BCUT2D eigenvalue weighted by Gasteiger charge is 2.17. The van der Waals surface area contributed by atoms with E-state index in [1.165, 1.54) is 0 Å². The Labute approximate surface area is 179 Å². The van der Waals surface area contributed by atoms with E-state index < -0.39 is 0 Å². The molecule has 0 heterocycles. The van der Waals surface area contributed by atoms with Gasteiger partial charge in [0.2, 0.25) is 0 Å². The number of hydrogen-bond donors (Lipinski definition) is 1. The van der Waals surface area contributed by atoms with Gasteiger partial charge in [-0.25, -0.2) is 0 Å². The lowest BCUT2D eigenvalue weighted by Gasteiger charge is -2.20. The molecule has 3 rings (SSSR count). The highest BCUT2D eigenvalue weighted by Crippen LogP contribution is 2.25. The summed E-state index contributed by atoms with van der Waals surface area (Å²) in [6.45, 7) is 9.90. The van der Waals surface area contributed by atoms with Crippen LogP contribution in [0.25, 0.3) is 10.8 Å². The number of carbonyl (C=O) groups excluding carboxylic acids is 1. The van der Waals surface area contributed by atoms with Crippen molar-refractivity contribution in [1.82, 2.24) is 5.32 Å². The minimum absolute atomic E-state index is 0.0776. The SMILES string of the molecule is C=CCC(CCC)Oc1ccc(C)c(C(=O)N[C@H](C)c2cccc3c#cccc23)c1. The number of fused-ring (bicyclic) bond motifs is 1. The largest absolute Gasteiger partial charge is 0.490 e. The van der Waals surface area contributed by atoms with Gasteiger partial charge in [-0.3, -0.25) is 4.79 Å². The molecular weight excluding hydrogens is 370 g/mol. The number of amides is 1. The maximum atomic E-state index is 13.1. The normalized spacial score (nSPS) is 12.6. The molecule has 0 aliphatic heterocycles. The van der Waals surface area contributed by atoms with Crippen molar-refractivity contribution in [2.24, 2.45) is 0 Å². The van der Waals surface area contributed by atoms with E-state index in [2.05, 4.69) is 31.0 Å². The van der Waals surface area contributed by atoms with Crippen LogP contribution in [0.15, 0.2) is 61.2 Å². The molecule has 3 aromatic rings. The van der Waals surface area contributed by atoms with Gasteiger partial charge in [0.1, 0.15) is 11.9 Å². The first-order chi connectivity index (χ1) is 14.5. The van der Waals surface area contributed by atoms with E-state index in [0.717, 1.165) is 41.2 Å². The van der Waals surface area contributed by atoms with E-state index in [4.69, 9.17) is 4.74 Å². The highest BCUT2D eigenvalue weighted by atomic mass is 16.5. The molecule has 30 heavy (non-hydrogen) atoms. The first-order valence-corrected chi connectivity index (χ1v) is 10.5. The lowest BCUT2D eigenvalue weighted by molar-refractivity contribution is 0.0938. The van der Waals surface area contributed by atoms with E-state index in [9.17, 15) is 4.79 Å². The zero-order chi connectivity index (χ0) is 21.5. The van der Waals surface area contributed by atoms with E-state index in [1.54, 1.807) is 0 Å². The van der Waals surface area contributed by atoms with Crippen LogP contribution in [0.1, 0.15) is 60.6 Å². The zero-order valence-electron chi connectivity index (χ0n) is 18.0. The van der Waals surface area contributed by atoms with Crippen LogP contribution in [0.5, 0.6) is 5.75 Å². The van der Waals surface area contributed by atoms with Crippen molar-refractivity contribution in [3.8, 4) is 5.75 Å². The Morgan fingerprint density at radius 2 is 2.10 bits per heavy atom. The number of ether oxygens (including phenoxy) is 1. The molecule has 0 radical (unpaired) electrons. The standard InChI is InChI=1S/C27H29NO2/c1-5-10-22(11-6-2)30-23-17-16-19(3)26(18-23)27(29)28-20(4)24-15-9-13-21-12-7-8-14-25(21)24/h5,8-9,13-18,20,22H,1,6,10-11H2,2-4H3,(H,28,29)/t20-,22?/m1/s1. The summed E-state index contributed by atoms with van der Waals surface area (Å²) in [5.74, 6) is 0.610. The second-order valence-electron chi connectivity index (χ2n) is 7.64. The Hall–Kier alpha value is -3.25. The van der Waals surface area contributed by atoms with Crippen molar-refractivity contribution >= 4 is 16.7 Å². The minimum atomic E-state index is -0.144. The van der Waals surface area contributed by atoms with Crippen molar-refractivity contribution in [2.45, 2.75) is 52.2 Å². The molecule has 3 heteroatoms. The first-order valence-electron chi connectivity index (χ1n) is 10.5. The first kappa shape index (κ1) is 21.5. The number of hydrogen-bond acceptors (Lipinski definition) is 2. The Balaban J connectivity index is 1.79.